The molecule has 0 radical (unpaired) electrons. The molecule has 1 aliphatic carbocycles. The van der Waals surface area contributed by atoms with E-state index in [0.717, 1.165) is 25.7 Å². The number of aromatic nitrogens is 1. The normalized spacial score (nSPS) is 19.8. The third-order valence-electron chi connectivity index (χ3n) is 4.10. The molecule has 1 aromatic heterocycles. The van der Waals surface area contributed by atoms with Crippen molar-refractivity contribution in [3.05, 3.63) is 17.3 Å². The molecule has 0 bridgehead atoms. The average molecular weight is 265 g/mol. The molecule has 0 aromatic carbocycles. The summed E-state index contributed by atoms with van der Waals surface area (Å²) in [7, 11) is 0. The van der Waals surface area contributed by atoms with Gasteiger partial charge in [-0.2, -0.15) is 0 Å². The van der Waals surface area contributed by atoms with Crippen molar-refractivity contribution in [3.8, 4) is 0 Å². The van der Waals surface area contributed by atoms with Gasteiger partial charge in [-0.3, -0.25) is 0 Å². The number of nitrogens with zero attached hydrogens (tertiary/aromatic N) is 1. The minimum absolute atomic E-state index is 0.0230. The molecule has 0 amide bonds. The van der Waals surface area contributed by atoms with Gasteiger partial charge in [0.1, 0.15) is 0 Å². The first kappa shape index (κ1) is 14.1. The molecule has 0 aliphatic heterocycles. The number of carboxylic acid groups (broad SMARTS) is 1. The average Bonchev–Trinajstić information content (AvgIpc) is 2.74. The quantitative estimate of drug-likeness (QED) is 0.890. The van der Waals surface area contributed by atoms with Crippen LogP contribution >= 0.6 is 0 Å². The number of carbonyl (C=O) groups is 1. The maximum atomic E-state index is 11.2. The van der Waals surface area contributed by atoms with Crippen LogP contribution in [0, 0.1) is 5.41 Å². The largest absolute Gasteiger partial charge is 0.475 e. The van der Waals surface area contributed by atoms with Crippen molar-refractivity contribution < 1.29 is 14.3 Å². The predicted molar refractivity (Wildman–Crippen MR) is 72.5 cm³/mol. The molecule has 1 aromatic rings. The number of aromatic carboxylic acids is 1. The zero-order valence-corrected chi connectivity index (χ0v) is 12.2. The summed E-state index contributed by atoms with van der Waals surface area (Å²) in [4.78, 5) is 15.6. The van der Waals surface area contributed by atoms with Crippen molar-refractivity contribution in [1.29, 1.82) is 0 Å². The Morgan fingerprint density at radius 1 is 1.37 bits per heavy atom. The van der Waals surface area contributed by atoms with Gasteiger partial charge < -0.3 is 9.52 Å². The standard InChI is InChI=1S/C15H23NO3/c1-9(2)11-12(14(17)18)19-13(16-11)10-5-7-15(3,4)8-6-10/h9-10H,5-8H2,1-4H3,(H,17,18). The van der Waals surface area contributed by atoms with Gasteiger partial charge in [-0.15, -0.1) is 0 Å². The summed E-state index contributed by atoms with van der Waals surface area (Å²) in [5, 5.41) is 9.18. The van der Waals surface area contributed by atoms with Gasteiger partial charge in [0.25, 0.3) is 0 Å². The molecule has 2 rings (SSSR count). The van der Waals surface area contributed by atoms with Crippen LogP contribution in [-0.4, -0.2) is 16.1 Å². The van der Waals surface area contributed by atoms with Crippen LogP contribution in [0.25, 0.3) is 0 Å². The first-order chi connectivity index (χ1) is 8.80. The van der Waals surface area contributed by atoms with Crippen molar-refractivity contribution in [1.82, 2.24) is 4.98 Å². The second kappa shape index (κ2) is 4.99. The van der Waals surface area contributed by atoms with Crippen molar-refractivity contribution in [2.24, 2.45) is 5.41 Å². The summed E-state index contributed by atoms with van der Waals surface area (Å²) in [6, 6.07) is 0. The van der Waals surface area contributed by atoms with E-state index in [2.05, 4.69) is 18.8 Å². The number of hydrogen-bond acceptors (Lipinski definition) is 3. The fraction of sp³-hybridized carbons (Fsp3) is 0.733. The van der Waals surface area contributed by atoms with Gasteiger partial charge in [0.15, 0.2) is 5.89 Å². The number of carboxylic acids is 1. The summed E-state index contributed by atoms with van der Waals surface area (Å²) in [5.74, 6) is -0.0210. The third kappa shape index (κ3) is 2.99. The van der Waals surface area contributed by atoms with Crippen LogP contribution in [-0.2, 0) is 0 Å². The zero-order valence-electron chi connectivity index (χ0n) is 12.2. The lowest BCUT2D eigenvalue weighted by Crippen LogP contribution is -2.20. The lowest BCUT2D eigenvalue weighted by Gasteiger charge is -2.32. The van der Waals surface area contributed by atoms with Crippen LogP contribution in [0.2, 0.25) is 0 Å². The van der Waals surface area contributed by atoms with E-state index in [4.69, 9.17) is 4.42 Å². The van der Waals surface area contributed by atoms with E-state index in [1.54, 1.807) is 0 Å². The molecule has 106 valence electrons. The van der Waals surface area contributed by atoms with Crippen LogP contribution in [0.4, 0.5) is 0 Å². The lowest BCUT2D eigenvalue weighted by atomic mass is 9.73. The Morgan fingerprint density at radius 2 is 1.95 bits per heavy atom. The molecule has 1 saturated carbocycles. The molecular formula is C15H23NO3. The Bertz CT molecular complexity index is 464. The molecule has 0 spiro atoms. The number of oxazole rings is 1. The van der Waals surface area contributed by atoms with Crippen LogP contribution in [0.1, 0.15) is 87.4 Å². The van der Waals surface area contributed by atoms with Crippen molar-refractivity contribution in [2.45, 2.75) is 65.2 Å². The highest BCUT2D eigenvalue weighted by molar-refractivity contribution is 5.85. The molecule has 4 nitrogen and oxygen atoms in total. The molecular weight excluding hydrogens is 242 g/mol. The molecule has 19 heavy (non-hydrogen) atoms. The van der Waals surface area contributed by atoms with Crippen molar-refractivity contribution >= 4 is 5.97 Å². The first-order valence-corrected chi connectivity index (χ1v) is 7.04. The highest BCUT2D eigenvalue weighted by Crippen LogP contribution is 2.42. The molecule has 1 aliphatic rings. The van der Waals surface area contributed by atoms with Crippen molar-refractivity contribution in [3.63, 3.8) is 0 Å². The van der Waals surface area contributed by atoms with Crippen LogP contribution in [0.5, 0.6) is 0 Å². The molecule has 0 atom stereocenters. The Kier molecular flexibility index (Phi) is 3.70. The molecule has 0 saturated heterocycles. The summed E-state index contributed by atoms with van der Waals surface area (Å²) >= 11 is 0. The van der Waals surface area contributed by atoms with Gasteiger partial charge >= 0.3 is 5.97 Å². The van der Waals surface area contributed by atoms with Crippen LogP contribution < -0.4 is 0 Å². The van der Waals surface area contributed by atoms with E-state index >= 15 is 0 Å². The molecule has 1 N–H and O–H groups in total. The van der Waals surface area contributed by atoms with Crippen molar-refractivity contribution in [2.75, 3.05) is 0 Å². The Labute approximate surface area is 114 Å². The van der Waals surface area contributed by atoms with Crippen LogP contribution in [0.15, 0.2) is 4.42 Å². The van der Waals surface area contributed by atoms with E-state index < -0.39 is 5.97 Å². The smallest absolute Gasteiger partial charge is 0.373 e. The highest BCUT2D eigenvalue weighted by Gasteiger charge is 2.32. The maximum Gasteiger partial charge on any atom is 0.373 e. The van der Waals surface area contributed by atoms with E-state index in [9.17, 15) is 9.90 Å². The Balaban J connectivity index is 2.22. The lowest BCUT2D eigenvalue weighted by molar-refractivity contribution is 0.0656. The predicted octanol–water partition coefficient (Wildman–Crippen LogP) is 4.18. The summed E-state index contributed by atoms with van der Waals surface area (Å²) in [5.41, 5.74) is 0.965. The topological polar surface area (TPSA) is 63.3 Å². The van der Waals surface area contributed by atoms with E-state index in [0.29, 0.717) is 17.0 Å². The van der Waals surface area contributed by atoms with E-state index in [-0.39, 0.29) is 17.6 Å². The third-order valence-corrected chi connectivity index (χ3v) is 4.10. The summed E-state index contributed by atoms with van der Waals surface area (Å²) in [6.07, 6.45) is 4.34. The Hall–Kier alpha value is -1.32. The number of rotatable bonds is 3. The molecule has 1 fully saturated rings. The second-order valence-electron chi connectivity index (χ2n) is 6.66. The minimum Gasteiger partial charge on any atom is -0.475 e. The summed E-state index contributed by atoms with van der Waals surface area (Å²) in [6.45, 7) is 8.44. The fourth-order valence-corrected chi connectivity index (χ4v) is 2.71. The van der Waals surface area contributed by atoms with Gasteiger partial charge in [0.2, 0.25) is 5.76 Å². The van der Waals surface area contributed by atoms with E-state index in [1.165, 1.54) is 0 Å². The van der Waals surface area contributed by atoms with Gasteiger partial charge in [0, 0.05) is 5.92 Å². The van der Waals surface area contributed by atoms with Gasteiger partial charge in [-0.05, 0) is 37.0 Å². The summed E-state index contributed by atoms with van der Waals surface area (Å²) < 4.78 is 5.53. The highest BCUT2D eigenvalue weighted by atomic mass is 16.4. The maximum absolute atomic E-state index is 11.2. The monoisotopic (exact) mass is 265 g/mol. The molecule has 4 heteroatoms. The van der Waals surface area contributed by atoms with Gasteiger partial charge in [-0.1, -0.05) is 27.7 Å². The number of hydrogen-bond donors (Lipinski definition) is 1. The zero-order chi connectivity index (χ0) is 14.2. The molecule has 1 heterocycles. The van der Waals surface area contributed by atoms with Gasteiger partial charge in [0.05, 0.1) is 5.69 Å². The Morgan fingerprint density at radius 3 is 2.37 bits per heavy atom. The fourth-order valence-electron chi connectivity index (χ4n) is 2.71. The second-order valence-corrected chi connectivity index (χ2v) is 6.66. The minimum atomic E-state index is -1.02. The van der Waals surface area contributed by atoms with Crippen LogP contribution in [0.3, 0.4) is 0 Å². The van der Waals surface area contributed by atoms with Gasteiger partial charge in [-0.25, -0.2) is 9.78 Å². The van der Waals surface area contributed by atoms with E-state index in [1.807, 2.05) is 13.8 Å². The first-order valence-electron chi connectivity index (χ1n) is 7.04. The molecule has 0 unspecified atom stereocenters. The SMILES string of the molecule is CC(C)c1nc(C2CCC(C)(C)CC2)oc1C(=O)O.